The summed E-state index contributed by atoms with van der Waals surface area (Å²) in [6.07, 6.45) is 1.21. The smallest absolute Gasteiger partial charge is 0.305 e. The molecule has 5 nitrogen and oxygen atoms in total. The lowest BCUT2D eigenvalue weighted by Gasteiger charge is -2.13. The average Bonchev–Trinajstić information content (AvgIpc) is 2.75. The SMILES string of the molecule is CCc1ccc(C(=O)NC(CC)CC(=O)O)o1. The van der Waals surface area contributed by atoms with Gasteiger partial charge in [0.1, 0.15) is 5.76 Å². The number of hydrogen-bond donors (Lipinski definition) is 2. The molecular formula is C12H17NO4. The molecule has 0 saturated carbocycles. The summed E-state index contributed by atoms with van der Waals surface area (Å²) >= 11 is 0. The Balaban J connectivity index is 2.60. The Morgan fingerprint density at radius 2 is 2.12 bits per heavy atom. The Labute approximate surface area is 99.8 Å². The highest BCUT2D eigenvalue weighted by Crippen LogP contribution is 2.09. The van der Waals surface area contributed by atoms with Gasteiger partial charge in [-0.15, -0.1) is 0 Å². The van der Waals surface area contributed by atoms with Gasteiger partial charge in [-0.25, -0.2) is 0 Å². The van der Waals surface area contributed by atoms with Crippen LogP contribution in [0.15, 0.2) is 16.5 Å². The summed E-state index contributed by atoms with van der Waals surface area (Å²) < 4.78 is 5.29. The monoisotopic (exact) mass is 239 g/mol. The average molecular weight is 239 g/mol. The third-order valence-electron chi connectivity index (χ3n) is 2.48. The summed E-state index contributed by atoms with van der Waals surface area (Å²) in [5, 5.41) is 11.3. The van der Waals surface area contributed by atoms with E-state index in [1.807, 2.05) is 13.8 Å². The largest absolute Gasteiger partial charge is 0.481 e. The summed E-state index contributed by atoms with van der Waals surface area (Å²) in [6, 6.07) is 2.98. The molecule has 0 spiro atoms. The number of carboxylic acids is 1. The molecule has 94 valence electrons. The second-order valence-corrected chi connectivity index (χ2v) is 3.80. The van der Waals surface area contributed by atoms with E-state index in [0.717, 1.165) is 12.2 Å². The fourth-order valence-corrected chi connectivity index (χ4v) is 1.45. The molecule has 1 rings (SSSR count). The van der Waals surface area contributed by atoms with Crippen molar-refractivity contribution in [2.75, 3.05) is 0 Å². The molecule has 1 heterocycles. The maximum Gasteiger partial charge on any atom is 0.305 e. The van der Waals surface area contributed by atoms with E-state index in [4.69, 9.17) is 9.52 Å². The van der Waals surface area contributed by atoms with Crippen molar-refractivity contribution in [3.63, 3.8) is 0 Å². The molecule has 1 aromatic rings. The van der Waals surface area contributed by atoms with Crippen molar-refractivity contribution >= 4 is 11.9 Å². The molecule has 0 aliphatic heterocycles. The van der Waals surface area contributed by atoms with Gasteiger partial charge in [0, 0.05) is 12.5 Å². The second-order valence-electron chi connectivity index (χ2n) is 3.80. The minimum atomic E-state index is -0.925. The maximum atomic E-state index is 11.7. The van der Waals surface area contributed by atoms with Crippen LogP contribution < -0.4 is 5.32 Å². The van der Waals surface area contributed by atoms with E-state index in [1.165, 1.54) is 0 Å². The van der Waals surface area contributed by atoms with Crippen LogP contribution in [0.4, 0.5) is 0 Å². The number of nitrogens with one attached hydrogen (secondary N) is 1. The van der Waals surface area contributed by atoms with Crippen LogP contribution >= 0.6 is 0 Å². The highest BCUT2D eigenvalue weighted by atomic mass is 16.4. The Morgan fingerprint density at radius 1 is 1.41 bits per heavy atom. The molecule has 0 radical (unpaired) electrons. The number of aliphatic carboxylic acids is 1. The van der Waals surface area contributed by atoms with E-state index >= 15 is 0 Å². The molecule has 2 N–H and O–H groups in total. The summed E-state index contributed by atoms with van der Waals surface area (Å²) in [7, 11) is 0. The predicted molar refractivity (Wildman–Crippen MR) is 61.9 cm³/mol. The summed E-state index contributed by atoms with van der Waals surface area (Å²) in [5.41, 5.74) is 0. The van der Waals surface area contributed by atoms with E-state index in [-0.39, 0.29) is 24.1 Å². The Hall–Kier alpha value is -1.78. The van der Waals surface area contributed by atoms with Crippen molar-refractivity contribution in [2.45, 2.75) is 39.2 Å². The zero-order valence-electron chi connectivity index (χ0n) is 10.0. The van der Waals surface area contributed by atoms with Crippen molar-refractivity contribution in [2.24, 2.45) is 0 Å². The van der Waals surface area contributed by atoms with Crippen molar-refractivity contribution in [3.8, 4) is 0 Å². The van der Waals surface area contributed by atoms with Crippen molar-refractivity contribution in [1.82, 2.24) is 5.32 Å². The van der Waals surface area contributed by atoms with Crippen LogP contribution in [0.5, 0.6) is 0 Å². The standard InChI is InChI=1S/C12H17NO4/c1-3-8(7-11(14)15)13-12(16)10-6-5-9(4-2)17-10/h5-6,8H,3-4,7H2,1-2H3,(H,13,16)(H,14,15). The fraction of sp³-hybridized carbons (Fsp3) is 0.500. The molecule has 0 bridgehead atoms. The first-order valence-corrected chi connectivity index (χ1v) is 5.68. The number of rotatable bonds is 6. The Morgan fingerprint density at radius 3 is 2.59 bits per heavy atom. The molecule has 0 saturated heterocycles. The third-order valence-corrected chi connectivity index (χ3v) is 2.48. The van der Waals surface area contributed by atoms with E-state index in [9.17, 15) is 9.59 Å². The van der Waals surface area contributed by atoms with Crippen LogP contribution in [0.3, 0.4) is 0 Å². The van der Waals surface area contributed by atoms with Crippen LogP contribution in [0.25, 0.3) is 0 Å². The van der Waals surface area contributed by atoms with Gasteiger partial charge in [-0.1, -0.05) is 13.8 Å². The van der Waals surface area contributed by atoms with Gasteiger partial charge in [-0.2, -0.15) is 0 Å². The van der Waals surface area contributed by atoms with E-state index < -0.39 is 5.97 Å². The highest BCUT2D eigenvalue weighted by molar-refractivity contribution is 5.91. The first kappa shape index (κ1) is 13.3. The first-order chi connectivity index (χ1) is 8.06. The minimum absolute atomic E-state index is 0.0798. The number of hydrogen-bond acceptors (Lipinski definition) is 3. The predicted octanol–water partition coefficient (Wildman–Crippen LogP) is 1.83. The van der Waals surface area contributed by atoms with E-state index in [2.05, 4.69) is 5.32 Å². The zero-order chi connectivity index (χ0) is 12.8. The minimum Gasteiger partial charge on any atom is -0.481 e. The van der Waals surface area contributed by atoms with Crippen molar-refractivity contribution in [3.05, 3.63) is 23.7 Å². The van der Waals surface area contributed by atoms with Crippen LogP contribution in [0.2, 0.25) is 0 Å². The normalized spacial score (nSPS) is 12.1. The number of furan rings is 1. The van der Waals surface area contributed by atoms with Gasteiger partial charge in [-0.3, -0.25) is 9.59 Å². The van der Waals surface area contributed by atoms with Gasteiger partial charge < -0.3 is 14.8 Å². The van der Waals surface area contributed by atoms with Crippen molar-refractivity contribution in [1.29, 1.82) is 0 Å². The van der Waals surface area contributed by atoms with Gasteiger partial charge in [-0.05, 0) is 18.6 Å². The maximum absolute atomic E-state index is 11.7. The molecule has 17 heavy (non-hydrogen) atoms. The third kappa shape index (κ3) is 3.94. The molecule has 1 atom stereocenters. The topological polar surface area (TPSA) is 79.5 Å². The Kier molecular flexibility index (Phi) is 4.75. The first-order valence-electron chi connectivity index (χ1n) is 5.68. The molecule has 0 fully saturated rings. The van der Waals surface area contributed by atoms with Gasteiger partial charge in [0.15, 0.2) is 5.76 Å². The molecule has 1 amide bonds. The van der Waals surface area contributed by atoms with Crippen molar-refractivity contribution < 1.29 is 19.1 Å². The zero-order valence-corrected chi connectivity index (χ0v) is 10.0. The molecule has 0 aromatic carbocycles. The Bertz CT molecular complexity index is 397. The van der Waals surface area contributed by atoms with Crippen LogP contribution in [-0.2, 0) is 11.2 Å². The number of carboxylic acid groups (broad SMARTS) is 1. The molecule has 1 aromatic heterocycles. The van der Waals surface area contributed by atoms with Crippen LogP contribution in [-0.4, -0.2) is 23.0 Å². The molecular weight excluding hydrogens is 222 g/mol. The summed E-state index contributed by atoms with van der Waals surface area (Å²) in [5.74, 6) is -0.323. The van der Waals surface area contributed by atoms with Crippen LogP contribution in [0, 0.1) is 0 Å². The lowest BCUT2D eigenvalue weighted by Crippen LogP contribution is -2.35. The molecule has 0 aliphatic rings. The molecule has 1 unspecified atom stereocenters. The molecule has 0 aliphatic carbocycles. The number of aryl methyl sites for hydroxylation is 1. The van der Waals surface area contributed by atoms with Crippen LogP contribution in [0.1, 0.15) is 43.0 Å². The van der Waals surface area contributed by atoms with E-state index in [0.29, 0.717) is 6.42 Å². The lowest BCUT2D eigenvalue weighted by atomic mass is 10.1. The number of carbonyl (C=O) groups is 2. The van der Waals surface area contributed by atoms with Gasteiger partial charge in [0.25, 0.3) is 5.91 Å². The van der Waals surface area contributed by atoms with E-state index in [1.54, 1.807) is 12.1 Å². The molecule has 5 heteroatoms. The quantitative estimate of drug-likeness (QED) is 0.793. The number of amides is 1. The number of carbonyl (C=O) groups excluding carboxylic acids is 1. The van der Waals surface area contributed by atoms with Gasteiger partial charge in [0.2, 0.25) is 0 Å². The lowest BCUT2D eigenvalue weighted by molar-refractivity contribution is -0.137. The second kappa shape index (κ2) is 6.08. The van der Waals surface area contributed by atoms with Gasteiger partial charge in [0.05, 0.1) is 6.42 Å². The highest BCUT2D eigenvalue weighted by Gasteiger charge is 2.17. The van der Waals surface area contributed by atoms with Gasteiger partial charge >= 0.3 is 5.97 Å². The summed E-state index contributed by atoms with van der Waals surface area (Å²) in [4.78, 5) is 22.3. The summed E-state index contributed by atoms with van der Waals surface area (Å²) in [6.45, 7) is 3.76. The fourth-order valence-electron chi connectivity index (χ4n) is 1.45.